The average molecular weight is 302 g/mol. The van der Waals surface area contributed by atoms with Crippen molar-refractivity contribution < 1.29 is 19.2 Å². The van der Waals surface area contributed by atoms with Crippen LogP contribution in [0.4, 0.5) is 5.69 Å². The summed E-state index contributed by atoms with van der Waals surface area (Å²) in [5.41, 5.74) is 5.39. The summed E-state index contributed by atoms with van der Waals surface area (Å²) in [5, 5.41) is 10.9. The van der Waals surface area contributed by atoms with Crippen molar-refractivity contribution in [2.45, 2.75) is 6.92 Å². The molecule has 7 heteroatoms. The normalized spacial score (nSPS) is 10.0. The Labute approximate surface area is 126 Å². The molecule has 0 saturated carbocycles. The minimum Gasteiger partial charge on any atom is -0.487 e. The topological polar surface area (TPSA) is 105 Å². The van der Waals surface area contributed by atoms with E-state index < -0.39 is 10.8 Å². The van der Waals surface area contributed by atoms with E-state index in [2.05, 4.69) is 0 Å². The van der Waals surface area contributed by atoms with Crippen molar-refractivity contribution in [3.8, 4) is 17.2 Å². The number of nitro groups is 1. The van der Waals surface area contributed by atoms with Crippen LogP contribution >= 0.6 is 0 Å². The van der Waals surface area contributed by atoms with Gasteiger partial charge in [0.05, 0.1) is 11.5 Å². The summed E-state index contributed by atoms with van der Waals surface area (Å²) < 4.78 is 10.8. The van der Waals surface area contributed by atoms with Crippen molar-refractivity contribution in [1.82, 2.24) is 0 Å². The number of carbonyl (C=O) groups excluding carboxylic acids is 1. The molecule has 114 valence electrons. The Kier molecular flexibility index (Phi) is 4.57. The van der Waals surface area contributed by atoms with Crippen LogP contribution in [-0.2, 0) is 0 Å². The van der Waals surface area contributed by atoms with Crippen LogP contribution in [-0.4, -0.2) is 17.4 Å². The number of amides is 1. The molecule has 0 fully saturated rings. The lowest BCUT2D eigenvalue weighted by atomic mass is 10.2. The van der Waals surface area contributed by atoms with Crippen molar-refractivity contribution in [2.75, 3.05) is 6.61 Å². The van der Waals surface area contributed by atoms with E-state index in [9.17, 15) is 14.9 Å². The maximum absolute atomic E-state index is 11.0. The van der Waals surface area contributed by atoms with Gasteiger partial charge in [-0.1, -0.05) is 0 Å². The molecule has 0 heterocycles. The number of nitrogens with zero attached hydrogens (tertiary/aromatic N) is 1. The second-order valence-electron chi connectivity index (χ2n) is 4.31. The molecule has 1 amide bonds. The van der Waals surface area contributed by atoms with Crippen LogP contribution in [0, 0.1) is 10.1 Å². The van der Waals surface area contributed by atoms with Crippen LogP contribution < -0.4 is 15.2 Å². The van der Waals surface area contributed by atoms with Crippen molar-refractivity contribution in [3.63, 3.8) is 0 Å². The quantitative estimate of drug-likeness (QED) is 0.652. The van der Waals surface area contributed by atoms with Gasteiger partial charge in [0.1, 0.15) is 11.5 Å². The molecule has 2 aromatic rings. The third kappa shape index (κ3) is 3.51. The molecule has 0 aliphatic heterocycles. The first kappa shape index (κ1) is 15.3. The van der Waals surface area contributed by atoms with E-state index >= 15 is 0 Å². The highest BCUT2D eigenvalue weighted by Crippen LogP contribution is 2.33. The van der Waals surface area contributed by atoms with E-state index in [0.717, 1.165) is 0 Å². The standard InChI is InChI=1S/C15H14N2O5/c1-2-21-14-9-12(7-8-13(14)17(19)20)22-11-5-3-10(4-6-11)15(16)18/h3-9H,2H2,1H3,(H2,16,18). The maximum atomic E-state index is 11.0. The van der Waals surface area contributed by atoms with E-state index in [1.54, 1.807) is 19.1 Å². The van der Waals surface area contributed by atoms with Crippen LogP contribution in [0.3, 0.4) is 0 Å². The van der Waals surface area contributed by atoms with E-state index in [-0.39, 0.29) is 11.4 Å². The Morgan fingerprint density at radius 3 is 2.36 bits per heavy atom. The molecule has 0 aromatic heterocycles. The Morgan fingerprint density at radius 2 is 1.82 bits per heavy atom. The highest BCUT2D eigenvalue weighted by molar-refractivity contribution is 5.92. The zero-order valence-electron chi connectivity index (χ0n) is 11.8. The number of carbonyl (C=O) groups is 1. The summed E-state index contributed by atoms with van der Waals surface area (Å²) in [6.07, 6.45) is 0. The van der Waals surface area contributed by atoms with Crippen LogP contribution in [0.15, 0.2) is 42.5 Å². The number of nitrogens with two attached hydrogens (primary N) is 1. The lowest BCUT2D eigenvalue weighted by molar-refractivity contribution is -0.385. The van der Waals surface area contributed by atoms with Gasteiger partial charge in [0.2, 0.25) is 11.7 Å². The number of rotatable bonds is 6. The summed E-state index contributed by atoms with van der Waals surface area (Å²) in [4.78, 5) is 21.4. The van der Waals surface area contributed by atoms with Gasteiger partial charge in [-0.2, -0.15) is 0 Å². The van der Waals surface area contributed by atoms with Gasteiger partial charge in [0, 0.05) is 17.7 Å². The predicted molar refractivity (Wildman–Crippen MR) is 79.3 cm³/mol. The molecule has 2 N–H and O–H groups in total. The highest BCUT2D eigenvalue weighted by atomic mass is 16.6. The van der Waals surface area contributed by atoms with E-state index in [1.165, 1.54) is 30.3 Å². The van der Waals surface area contributed by atoms with Gasteiger partial charge in [-0.25, -0.2) is 0 Å². The fourth-order valence-electron chi connectivity index (χ4n) is 1.80. The molecule has 2 aromatic carbocycles. The smallest absolute Gasteiger partial charge is 0.311 e. The number of hydrogen-bond acceptors (Lipinski definition) is 5. The summed E-state index contributed by atoms with van der Waals surface area (Å²) in [7, 11) is 0. The molecule has 0 bridgehead atoms. The van der Waals surface area contributed by atoms with Gasteiger partial charge in [-0.3, -0.25) is 14.9 Å². The Bertz CT molecular complexity index is 698. The van der Waals surface area contributed by atoms with Crippen LogP contribution in [0.25, 0.3) is 0 Å². The molecule has 2 rings (SSSR count). The Morgan fingerprint density at radius 1 is 1.18 bits per heavy atom. The first-order valence-corrected chi connectivity index (χ1v) is 6.50. The Balaban J connectivity index is 2.23. The lowest BCUT2D eigenvalue weighted by Gasteiger charge is -2.09. The summed E-state index contributed by atoms with van der Waals surface area (Å²) in [5.74, 6) is 0.474. The number of ether oxygens (including phenoxy) is 2. The number of hydrogen-bond donors (Lipinski definition) is 1. The van der Waals surface area contributed by atoms with Gasteiger partial charge < -0.3 is 15.2 Å². The van der Waals surface area contributed by atoms with Crippen LogP contribution in [0.5, 0.6) is 17.2 Å². The molecular formula is C15H14N2O5. The summed E-state index contributed by atoms with van der Waals surface area (Å²) in [6.45, 7) is 2.04. The zero-order chi connectivity index (χ0) is 16.1. The largest absolute Gasteiger partial charge is 0.487 e. The van der Waals surface area contributed by atoms with E-state index in [0.29, 0.717) is 23.7 Å². The fourth-order valence-corrected chi connectivity index (χ4v) is 1.80. The van der Waals surface area contributed by atoms with E-state index in [1.807, 2.05) is 0 Å². The molecular weight excluding hydrogens is 288 g/mol. The Hall–Kier alpha value is -3.09. The molecule has 0 aliphatic carbocycles. The van der Waals surface area contributed by atoms with Gasteiger partial charge in [-0.05, 0) is 37.3 Å². The second-order valence-corrected chi connectivity index (χ2v) is 4.31. The highest BCUT2D eigenvalue weighted by Gasteiger charge is 2.16. The number of nitro benzene ring substituents is 1. The molecule has 22 heavy (non-hydrogen) atoms. The SMILES string of the molecule is CCOc1cc(Oc2ccc(C(N)=O)cc2)ccc1[N+](=O)[O-]. The molecule has 0 spiro atoms. The fraction of sp³-hybridized carbons (Fsp3) is 0.133. The summed E-state index contributed by atoms with van der Waals surface area (Å²) >= 11 is 0. The molecule has 0 saturated heterocycles. The van der Waals surface area contributed by atoms with E-state index in [4.69, 9.17) is 15.2 Å². The minimum atomic E-state index is -0.527. The molecule has 0 atom stereocenters. The van der Waals surface area contributed by atoms with Gasteiger partial charge in [0.25, 0.3) is 0 Å². The number of primary amides is 1. The summed E-state index contributed by atoms with van der Waals surface area (Å²) in [6, 6.07) is 10.5. The predicted octanol–water partition coefficient (Wildman–Crippen LogP) is 2.88. The first-order valence-electron chi connectivity index (χ1n) is 6.50. The average Bonchev–Trinajstić information content (AvgIpc) is 2.48. The van der Waals surface area contributed by atoms with Crippen molar-refractivity contribution in [3.05, 3.63) is 58.1 Å². The molecule has 0 aliphatic rings. The van der Waals surface area contributed by atoms with Gasteiger partial charge in [-0.15, -0.1) is 0 Å². The number of benzene rings is 2. The lowest BCUT2D eigenvalue weighted by Crippen LogP contribution is -2.10. The van der Waals surface area contributed by atoms with Crippen LogP contribution in [0.1, 0.15) is 17.3 Å². The van der Waals surface area contributed by atoms with Gasteiger partial charge in [0.15, 0.2) is 0 Å². The van der Waals surface area contributed by atoms with Gasteiger partial charge >= 0.3 is 5.69 Å². The van der Waals surface area contributed by atoms with Crippen LogP contribution in [0.2, 0.25) is 0 Å². The molecule has 7 nitrogen and oxygen atoms in total. The monoisotopic (exact) mass is 302 g/mol. The third-order valence-electron chi connectivity index (χ3n) is 2.80. The molecule has 0 radical (unpaired) electrons. The van der Waals surface area contributed by atoms with Crippen molar-refractivity contribution >= 4 is 11.6 Å². The van der Waals surface area contributed by atoms with Crippen molar-refractivity contribution in [2.24, 2.45) is 5.73 Å². The third-order valence-corrected chi connectivity index (χ3v) is 2.80. The second kappa shape index (κ2) is 6.57. The minimum absolute atomic E-state index is 0.127. The van der Waals surface area contributed by atoms with Crippen molar-refractivity contribution in [1.29, 1.82) is 0 Å². The maximum Gasteiger partial charge on any atom is 0.311 e. The molecule has 0 unspecified atom stereocenters. The zero-order valence-corrected chi connectivity index (χ0v) is 11.8. The first-order chi connectivity index (χ1) is 10.5.